The molecule has 5 heteroatoms. The second-order valence-corrected chi connectivity index (χ2v) is 6.15. The summed E-state index contributed by atoms with van der Waals surface area (Å²) in [5.74, 6) is -0.564. The highest BCUT2D eigenvalue weighted by molar-refractivity contribution is 7.10. The van der Waals surface area contributed by atoms with Gasteiger partial charge in [0, 0.05) is 10.9 Å². The van der Waals surface area contributed by atoms with Crippen LogP contribution in [-0.2, 0) is 4.79 Å². The second-order valence-electron chi connectivity index (χ2n) is 5.17. The molecule has 1 fully saturated rings. The van der Waals surface area contributed by atoms with E-state index in [1.54, 1.807) is 29.5 Å². The van der Waals surface area contributed by atoms with Gasteiger partial charge in [-0.3, -0.25) is 9.69 Å². The summed E-state index contributed by atoms with van der Waals surface area (Å²) in [5.41, 5.74) is 0.245. The lowest BCUT2D eigenvalue weighted by atomic mass is 10.2. The van der Waals surface area contributed by atoms with E-state index < -0.39 is 5.82 Å². The second kappa shape index (κ2) is 6.37. The van der Waals surface area contributed by atoms with Gasteiger partial charge in [-0.2, -0.15) is 0 Å². The molecule has 1 aromatic carbocycles. The zero-order valence-electron chi connectivity index (χ0n) is 11.6. The minimum absolute atomic E-state index is 0.163. The highest BCUT2D eigenvalue weighted by atomic mass is 32.1. The number of nitrogens with one attached hydrogen (secondary N) is 1. The van der Waals surface area contributed by atoms with Crippen molar-refractivity contribution in [2.75, 3.05) is 18.4 Å². The van der Waals surface area contributed by atoms with Crippen LogP contribution >= 0.6 is 11.3 Å². The molecule has 0 bridgehead atoms. The number of anilines is 1. The van der Waals surface area contributed by atoms with Crippen LogP contribution < -0.4 is 5.32 Å². The number of halogens is 1. The third-order valence-electron chi connectivity index (χ3n) is 3.73. The van der Waals surface area contributed by atoms with Crippen LogP contribution in [0.4, 0.5) is 10.1 Å². The maximum absolute atomic E-state index is 13.5. The fourth-order valence-corrected chi connectivity index (χ4v) is 3.65. The molecule has 1 aliphatic heterocycles. The number of amides is 1. The van der Waals surface area contributed by atoms with Crippen LogP contribution in [0.1, 0.15) is 23.8 Å². The number of para-hydroxylation sites is 1. The normalized spacial score (nSPS) is 18.8. The first-order chi connectivity index (χ1) is 10.2. The predicted molar refractivity (Wildman–Crippen MR) is 82.9 cm³/mol. The Bertz CT molecular complexity index is 614. The number of hydrogen-bond donors (Lipinski definition) is 1. The van der Waals surface area contributed by atoms with Gasteiger partial charge in [-0.15, -0.1) is 11.3 Å². The molecule has 1 aromatic heterocycles. The molecule has 0 saturated carbocycles. The molecule has 1 aliphatic rings. The molecule has 2 heterocycles. The van der Waals surface area contributed by atoms with Crippen molar-refractivity contribution in [3.63, 3.8) is 0 Å². The van der Waals surface area contributed by atoms with Gasteiger partial charge >= 0.3 is 0 Å². The Balaban J connectivity index is 1.63. The molecule has 3 rings (SSSR count). The van der Waals surface area contributed by atoms with E-state index in [-0.39, 0.29) is 11.6 Å². The Labute approximate surface area is 127 Å². The molecule has 2 aromatic rings. The number of carbonyl (C=O) groups excluding carboxylic acids is 1. The summed E-state index contributed by atoms with van der Waals surface area (Å²) in [4.78, 5) is 15.6. The molecule has 1 unspecified atom stereocenters. The minimum atomic E-state index is -0.401. The van der Waals surface area contributed by atoms with Crippen LogP contribution in [0.2, 0.25) is 0 Å². The summed E-state index contributed by atoms with van der Waals surface area (Å²) < 4.78 is 13.5. The molecule has 3 nitrogen and oxygen atoms in total. The van der Waals surface area contributed by atoms with Gasteiger partial charge in [0.25, 0.3) is 0 Å². The quantitative estimate of drug-likeness (QED) is 0.935. The summed E-state index contributed by atoms with van der Waals surface area (Å²) in [6.45, 7) is 1.21. The lowest BCUT2D eigenvalue weighted by molar-refractivity contribution is -0.117. The maximum atomic E-state index is 13.5. The van der Waals surface area contributed by atoms with Crippen LogP contribution in [0, 0.1) is 5.82 Å². The smallest absolute Gasteiger partial charge is 0.238 e. The topological polar surface area (TPSA) is 32.3 Å². The Morgan fingerprint density at radius 1 is 1.33 bits per heavy atom. The number of rotatable bonds is 4. The lowest BCUT2D eigenvalue weighted by Gasteiger charge is -2.22. The van der Waals surface area contributed by atoms with Crippen molar-refractivity contribution in [1.82, 2.24) is 4.90 Å². The van der Waals surface area contributed by atoms with Crippen molar-refractivity contribution >= 4 is 22.9 Å². The minimum Gasteiger partial charge on any atom is -0.322 e. The zero-order valence-corrected chi connectivity index (χ0v) is 12.4. The highest BCUT2D eigenvalue weighted by Gasteiger charge is 2.28. The largest absolute Gasteiger partial charge is 0.322 e. The van der Waals surface area contributed by atoms with Gasteiger partial charge in [-0.05, 0) is 43.0 Å². The number of thiophene rings is 1. The molecule has 0 spiro atoms. The third-order valence-corrected chi connectivity index (χ3v) is 4.70. The van der Waals surface area contributed by atoms with E-state index in [1.807, 2.05) is 6.07 Å². The number of hydrogen-bond acceptors (Lipinski definition) is 3. The lowest BCUT2D eigenvalue weighted by Crippen LogP contribution is -2.32. The predicted octanol–water partition coefficient (Wildman–Crippen LogP) is 3.66. The van der Waals surface area contributed by atoms with E-state index >= 15 is 0 Å². The van der Waals surface area contributed by atoms with Gasteiger partial charge in [-0.25, -0.2) is 4.39 Å². The van der Waals surface area contributed by atoms with Gasteiger partial charge < -0.3 is 5.32 Å². The van der Waals surface area contributed by atoms with Gasteiger partial charge in [0.1, 0.15) is 5.82 Å². The summed E-state index contributed by atoms with van der Waals surface area (Å²) in [6, 6.07) is 10.7. The molecule has 21 heavy (non-hydrogen) atoms. The van der Waals surface area contributed by atoms with E-state index in [9.17, 15) is 9.18 Å². The zero-order chi connectivity index (χ0) is 14.7. The first-order valence-corrected chi connectivity index (χ1v) is 7.94. The molecule has 110 valence electrons. The standard InChI is InChI=1S/C16H17FN2OS/c17-12-5-1-2-6-13(12)18-16(20)11-19-9-3-7-14(19)15-8-4-10-21-15/h1-2,4-6,8,10,14H,3,7,9,11H2,(H,18,20). The van der Waals surface area contributed by atoms with E-state index in [2.05, 4.69) is 21.7 Å². The van der Waals surface area contributed by atoms with Crippen LogP contribution in [0.5, 0.6) is 0 Å². The SMILES string of the molecule is O=C(CN1CCCC1c1cccs1)Nc1ccccc1F. The molecule has 1 atom stereocenters. The monoisotopic (exact) mass is 304 g/mol. The van der Waals surface area contributed by atoms with Crippen LogP contribution in [0.25, 0.3) is 0 Å². The molecule has 1 amide bonds. The Morgan fingerprint density at radius 2 is 2.19 bits per heavy atom. The van der Waals surface area contributed by atoms with E-state index in [0.717, 1.165) is 19.4 Å². The number of benzene rings is 1. The fraction of sp³-hybridized carbons (Fsp3) is 0.312. The van der Waals surface area contributed by atoms with Crippen LogP contribution in [-0.4, -0.2) is 23.9 Å². The summed E-state index contributed by atoms with van der Waals surface area (Å²) in [7, 11) is 0. The summed E-state index contributed by atoms with van der Waals surface area (Å²) in [5, 5.41) is 4.71. The number of carbonyl (C=O) groups is 1. The molecular weight excluding hydrogens is 287 g/mol. The van der Waals surface area contributed by atoms with Gasteiger partial charge in [0.15, 0.2) is 0 Å². The maximum Gasteiger partial charge on any atom is 0.238 e. The molecular formula is C16H17FN2OS. The van der Waals surface area contributed by atoms with Crippen molar-refractivity contribution in [2.24, 2.45) is 0 Å². The first-order valence-electron chi connectivity index (χ1n) is 7.06. The average molecular weight is 304 g/mol. The van der Waals surface area contributed by atoms with Crippen LogP contribution in [0.3, 0.4) is 0 Å². The third kappa shape index (κ3) is 3.31. The summed E-state index contributed by atoms with van der Waals surface area (Å²) in [6.07, 6.45) is 2.17. The average Bonchev–Trinajstić information content (AvgIpc) is 3.11. The molecule has 1 saturated heterocycles. The number of nitrogens with zero attached hydrogens (tertiary/aromatic N) is 1. The Hall–Kier alpha value is -1.72. The molecule has 1 N–H and O–H groups in total. The van der Waals surface area contributed by atoms with Crippen molar-refractivity contribution in [2.45, 2.75) is 18.9 Å². The highest BCUT2D eigenvalue weighted by Crippen LogP contribution is 2.34. The fourth-order valence-electron chi connectivity index (χ4n) is 2.76. The van der Waals surface area contributed by atoms with E-state index in [0.29, 0.717) is 12.6 Å². The van der Waals surface area contributed by atoms with E-state index in [4.69, 9.17) is 0 Å². The molecule has 0 radical (unpaired) electrons. The van der Waals surface area contributed by atoms with Crippen LogP contribution in [0.15, 0.2) is 41.8 Å². The number of likely N-dealkylation sites (tertiary alicyclic amines) is 1. The van der Waals surface area contributed by atoms with Crippen molar-refractivity contribution in [3.8, 4) is 0 Å². The Kier molecular flexibility index (Phi) is 4.31. The first kappa shape index (κ1) is 14.2. The van der Waals surface area contributed by atoms with Crippen molar-refractivity contribution < 1.29 is 9.18 Å². The van der Waals surface area contributed by atoms with Crippen molar-refractivity contribution in [1.29, 1.82) is 0 Å². The van der Waals surface area contributed by atoms with Gasteiger partial charge in [-0.1, -0.05) is 18.2 Å². The van der Waals surface area contributed by atoms with Gasteiger partial charge in [0.05, 0.1) is 12.2 Å². The van der Waals surface area contributed by atoms with Crippen molar-refractivity contribution in [3.05, 3.63) is 52.5 Å². The Morgan fingerprint density at radius 3 is 2.95 bits per heavy atom. The summed E-state index contributed by atoms with van der Waals surface area (Å²) >= 11 is 1.72. The van der Waals surface area contributed by atoms with Gasteiger partial charge in [0.2, 0.25) is 5.91 Å². The molecule has 0 aliphatic carbocycles. The van der Waals surface area contributed by atoms with E-state index in [1.165, 1.54) is 10.9 Å².